The van der Waals surface area contributed by atoms with Gasteiger partial charge in [-0.15, -0.1) is 0 Å². The Morgan fingerprint density at radius 3 is 2.60 bits per heavy atom. The molecule has 0 atom stereocenters. The van der Waals surface area contributed by atoms with Gasteiger partial charge in [0.25, 0.3) is 0 Å². The highest BCUT2D eigenvalue weighted by atomic mass is 16.3. The molecule has 5 rings (SSSR count). The molecule has 2 aromatic heterocycles. The SMILES string of the molecule is Cc1nc2c3c(c(CO)cn2c1C)CCC1(Cc2ccccc2C1)N3. The highest BCUT2D eigenvalue weighted by molar-refractivity contribution is 5.76. The highest BCUT2D eigenvalue weighted by Gasteiger charge is 2.40. The van der Waals surface area contributed by atoms with Crippen molar-refractivity contribution in [3.63, 3.8) is 0 Å². The Hall–Kier alpha value is -2.33. The lowest BCUT2D eigenvalue weighted by Gasteiger charge is -2.38. The molecule has 0 amide bonds. The van der Waals surface area contributed by atoms with Crippen LogP contribution in [0, 0.1) is 13.8 Å². The number of pyridine rings is 1. The van der Waals surface area contributed by atoms with Gasteiger partial charge < -0.3 is 14.8 Å². The number of benzene rings is 1. The second-order valence-electron chi connectivity index (χ2n) is 7.67. The number of nitrogens with zero attached hydrogens (tertiary/aromatic N) is 2. The molecule has 25 heavy (non-hydrogen) atoms. The number of aryl methyl sites for hydroxylation is 2. The van der Waals surface area contributed by atoms with E-state index in [1.54, 1.807) is 0 Å². The molecule has 0 fully saturated rings. The first-order chi connectivity index (χ1) is 12.1. The van der Waals surface area contributed by atoms with Crippen LogP contribution in [0.3, 0.4) is 0 Å². The summed E-state index contributed by atoms with van der Waals surface area (Å²) in [5, 5.41) is 13.8. The number of aliphatic hydroxyl groups excluding tert-OH is 1. The summed E-state index contributed by atoms with van der Waals surface area (Å²) in [7, 11) is 0. The zero-order chi connectivity index (χ0) is 17.2. The average Bonchev–Trinajstić information content (AvgIpc) is 3.12. The molecule has 1 aliphatic heterocycles. The predicted octanol–water partition coefficient (Wildman–Crippen LogP) is 3.34. The lowest BCUT2D eigenvalue weighted by molar-refractivity contribution is 0.279. The molecule has 128 valence electrons. The molecule has 0 radical (unpaired) electrons. The van der Waals surface area contributed by atoms with Crippen LogP contribution >= 0.6 is 0 Å². The van der Waals surface area contributed by atoms with Crippen LogP contribution in [0.4, 0.5) is 5.69 Å². The fourth-order valence-corrected chi connectivity index (χ4v) is 4.69. The predicted molar refractivity (Wildman–Crippen MR) is 99.1 cm³/mol. The van der Waals surface area contributed by atoms with E-state index in [9.17, 15) is 5.11 Å². The Kier molecular flexibility index (Phi) is 3.04. The van der Waals surface area contributed by atoms with Crippen molar-refractivity contribution in [1.29, 1.82) is 0 Å². The minimum absolute atomic E-state index is 0.0733. The van der Waals surface area contributed by atoms with Crippen LogP contribution in [-0.4, -0.2) is 20.0 Å². The molecular weight excluding hydrogens is 310 g/mol. The molecule has 3 heterocycles. The van der Waals surface area contributed by atoms with Gasteiger partial charge in [-0.25, -0.2) is 4.98 Å². The van der Waals surface area contributed by atoms with Crippen molar-refractivity contribution < 1.29 is 5.11 Å². The van der Waals surface area contributed by atoms with Crippen molar-refractivity contribution in [2.75, 3.05) is 5.32 Å². The monoisotopic (exact) mass is 333 g/mol. The molecule has 0 unspecified atom stereocenters. The molecule has 1 spiro atoms. The first kappa shape index (κ1) is 15.0. The van der Waals surface area contributed by atoms with Crippen LogP contribution in [0.5, 0.6) is 0 Å². The Labute approximate surface area is 147 Å². The number of aliphatic hydroxyl groups is 1. The van der Waals surface area contributed by atoms with E-state index in [4.69, 9.17) is 4.98 Å². The van der Waals surface area contributed by atoms with Crippen LogP contribution in [0.2, 0.25) is 0 Å². The summed E-state index contributed by atoms with van der Waals surface area (Å²) in [4.78, 5) is 4.82. The maximum atomic E-state index is 9.89. The minimum atomic E-state index is 0.0733. The summed E-state index contributed by atoms with van der Waals surface area (Å²) < 4.78 is 2.13. The minimum Gasteiger partial charge on any atom is -0.392 e. The van der Waals surface area contributed by atoms with Gasteiger partial charge in [-0.2, -0.15) is 0 Å². The van der Waals surface area contributed by atoms with Crippen LogP contribution in [0.1, 0.15) is 40.1 Å². The van der Waals surface area contributed by atoms with E-state index in [-0.39, 0.29) is 12.1 Å². The lowest BCUT2D eigenvalue weighted by Crippen LogP contribution is -2.43. The van der Waals surface area contributed by atoms with Gasteiger partial charge in [0, 0.05) is 17.4 Å². The maximum absolute atomic E-state index is 9.89. The van der Waals surface area contributed by atoms with Crippen molar-refractivity contribution >= 4 is 11.3 Å². The van der Waals surface area contributed by atoms with Crippen LogP contribution < -0.4 is 5.32 Å². The smallest absolute Gasteiger partial charge is 0.161 e. The summed E-state index contributed by atoms with van der Waals surface area (Å²) in [6.07, 6.45) is 6.28. The fraction of sp³-hybridized carbons (Fsp3) is 0.381. The summed E-state index contributed by atoms with van der Waals surface area (Å²) in [5.41, 5.74) is 9.57. The standard InChI is InChI=1S/C21H23N3O/c1-13-14(2)24-11-17(12-25)18-7-8-21(23-19(18)20(24)22-13)9-15-5-3-4-6-16(15)10-21/h3-6,11,23,25H,7-10,12H2,1-2H3. The summed E-state index contributed by atoms with van der Waals surface area (Å²) in [5.74, 6) is 0. The average molecular weight is 333 g/mol. The zero-order valence-electron chi connectivity index (χ0n) is 14.8. The molecule has 3 aromatic rings. The third-order valence-electron chi connectivity index (χ3n) is 6.17. The number of hydrogen-bond acceptors (Lipinski definition) is 3. The quantitative estimate of drug-likeness (QED) is 0.718. The van der Waals surface area contributed by atoms with Crippen molar-refractivity contribution in [2.24, 2.45) is 0 Å². The highest BCUT2D eigenvalue weighted by Crippen LogP contribution is 2.43. The number of rotatable bonds is 1. The number of anilines is 1. The van der Waals surface area contributed by atoms with Gasteiger partial charge in [0.2, 0.25) is 0 Å². The first-order valence-corrected chi connectivity index (χ1v) is 9.06. The first-order valence-electron chi connectivity index (χ1n) is 9.06. The van der Waals surface area contributed by atoms with Crippen molar-refractivity contribution in [2.45, 2.75) is 51.7 Å². The molecule has 4 nitrogen and oxygen atoms in total. The van der Waals surface area contributed by atoms with Gasteiger partial charge in [-0.05, 0) is 61.8 Å². The normalized spacial score (nSPS) is 17.6. The van der Waals surface area contributed by atoms with Gasteiger partial charge in [0.15, 0.2) is 5.65 Å². The number of nitrogens with one attached hydrogen (secondary N) is 1. The molecule has 2 aliphatic rings. The Morgan fingerprint density at radius 1 is 1.20 bits per heavy atom. The second kappa shape index (κ2) is 5.09. The molecule has 1 aromatic carbocycles. The van der Waals surface area contributed by atoms with E-state index in [1.807, 2.05) is 0 Å². The molecule has 2 N–H and O–H groups in total. The number of hydrogen-bond donors (Lipinski definition) is 2. The molecular formula is C21H23N3O. The number of fused-ring (bicyclic) bond motifs is 4. The molecule has 1 aliphatic carbocycles. The Morgan fingerprint density at radius 2 is 1.92 bits per heavy atom. The second-order valence-corrected chi connectivity index (χ2v) is 7.67. The van der Waals surface area contributed by atoms with Gasteiger partial charge in [-0.3, -0.25) is 0 Å². The van der Waals surface area contributed by atoms with Crippen LogP contribution in [-0.2, 0) is 25.9 Å². The number of aromatic nitrogens is 2. The third-order valence-corrected chi connectivity index (χ3v) is 6.17. The van der Waals surface area contributed by atoms with Crippen LogP contribution in [0.15, 0.2) is 30.5 Å². The molecule has 0 saturated carbocycles. The Balaban J connectivity index is 1.66. The zero-order valence-corrected chi connectivity index (χ0v) is 14.8. The summed E-state index contributed by atoms with van der Waals surface area (Å²) in [6, 6.07) is 8.78. The summed E-state index contributed by atoms with van der Waals surface area (Å²) >= 11 is 0. The lowest BCUT2D eigenvalue weighted by atomic mass is 9.83. The topological polar surface area (TPSA) is 49.6 Å². The van der Waals surface area contributed by atoms with Crippen molar-refractivity contribution in [3.8, 4) is 0 Å². The van der Waals surface area contributed by atoms with Gasteiger partial charge in [-0.1, -0.05) is 24.3 Å². The van der Waals surface area contributed by atoms with Crippen molar-refractivity contribution in [3.05, 3.63) is 64.1 Å². The van der Waals surface area contributed by atoms with Crippen LogP contribution in [0.25, 0.3) is 5.65 Å². The maximum Gasteiger partial charge on any atom is 0.161 e. The van der Waals surface area contributed by atoms with E-state index in [0.717, 1.165) is 54.0 Å². The molecule has 4 heteroatoms. The van der Waals surface area contributed by atoms with E-state index in [1.165, 1.54) is 16.7 Å². The van der Waals surface area contributed by atoms with E-state index in [2.05, 4.69) is 54.0 Å². The summed E-state index contributed by atoms with van der Waals surface area (Å²) in [6.45, 7) is 4.22. The van der Waals surface area contributed by atoms with Gasteiger partial charge in [0.1, 0.15) is 0 Å². The molecule has 0 saturated heterocycles. The van der Waals surface area contributed by atoms with Gasteiger partial charge >= 0.3 is 0 Å². The molecule has 0 bridgehead atoms. The van der Waals surface area contributed by atoms with Crippen molar-refractivity contribution in [1.82, 2.24) is 9.38 Å². The third kappa shape index (κ3) is 2.07. The largest absolute Gasteiger partial charge is 0.392 e. The van der Waals surface area contributed by atoms with Gasteiger partial charge in [0.05, 0.1) is 18.0 Å². The Bertz CT molecular complexity index is 977. The van der Waals surface area contributed by atoms with E-state index >= 15 is 0 Å². The van der Waals surface area contributed by atoms with E-state index < -0.39 is 0 Å². The van der Waals surface area contributed by atoms with E-state index in [0.29, 0.717) is 0 Å². The fourth-order valence-electron chi connectivity index (χ4n) is 4.69. The number of imidazole rings is 1.